The number of ether oxygens (including phenoxy) is 1. The van der Waals surface area contributed by atoms with Crippen LogP contribution in [0.4, 0.5) is 0 Å². The zero-order chi connectivity index (χ0) is 15.2. The predicted molar refractivity (Wildman–Crippen MR) is 92.2 cm³/mol. The van der Waals surface area contributed by atoms with Crippen molar-refractivity contribution in [2.45, 2.75) is 19.3 Å². The second kappa shape index (κ2) is 7.62. The van der Waals surface area contributed by atoms with E-state index in [0.29, 0.717) is 5.92 Å². The van der Waals surface area contributed by atoms with Crippen molar-refractivity contribution in [2.24, 2.45) is 0 Å². The van der Waals surface area contributed by atoms with Gasteiger partial charge in [0.15, 0.2) is 0 Å². The molecule has 1 atom stereocenters. The standard InChI is InChI=1S/C18H22BrNO/c1-14(12-13-20(2)3)15-8-10-16(11-9-15)21-18-7-5-4-6-17(18)19/h4-11,14H,12-13H2,1-3H3. The molecule has 0 N–H and O–H groups in total. The SMILES string of the molecule is CC(CCN(C)C)c1ccc(Oc2ccccc2Br)cc1. The lowest BCUT2D eigenvalue weighted by Gasteiger charge is -2.16. The number of benzene rings is 2. The number of halogens is 1. The molecule has 2 aromatic carbocycles. The molecular weight excluding hydrogens is 326 g/mol. The van der Waals surface area contributed by atoms with Crippen molar-refractivity contribution >= 4 is 15.9 Å². The van der Waals surface area contributed by atoms with E-state index < -0.39 is 0 Å². The molecule has 1 unspecified atom stereocenters. The molecule has 112 valence electrons. The second-order valence-corrected chi connectivity index (χ2v) is 6.45. The largest absolute Gasteiger partial charge is 0.456 e. The molecule has 0 saturated carbocycles. The van der Waals surface area contributed by atoms with E-state index in [4.69, 9.17) is 4.74 Å². The first kappa shape index (κ1) is 16.1. The van der Waals surface area contributed by atoms with Crippen molar-refractivity contribution in [1.29, 1.82) is 0 Å². The monoisotopic (exact) mass is 347 g/mol. The Kier molecular flexibility index (Phi) is 5.83. The van der Waals surface area contributed by atoms with Crippen LogP contribution in [0.25, 0.3) is 0 Å². The van der Waals surface area contributed by atoms with Crippen molar-refractivity contribution in [2.75, 3.05) is 20.6 Å². The minimum atomic E-state index is 0.560. The molecule has 0 aliphatic carbocycles. The summed E-state index contributed by atoms with van der Waals surface area (Å²) in [6, 6.07) is 16.3. The molecule has 2 nitrogen and oxygen atoms in total. The van der Waals surface area contributed by atoms with Gasteiger partial charge in [0.05, 0.1) is 4.47 Å². The maximum absolute atomic E-state index is 5.89. The summed E-state index contributed by atoms with van der Waals surface area (Å²) in [7, 11) is 4.22. The molecule has 21 heavy (non-hydrogen) atoms. The van der Waals surface area contributed by atoms with Gasteiger partial charge in [-0.3, -0.25) is 0 Å². The number of hydrogen-bond donors (Lipinski definition) is 0. The van der Waals surface area contributed by atoms with Gasteiger partial charge >= 0.3 is 0 Å². The Balaban J connectivity index is 2.00. The fraction of sp³-hybridized carbons (Fsp3) is 0.333. The molecule has 2 aromatic rings. The molecule has 0 spiro atoms. The van der Waals surface area contributed by atoms with E-state index in [-0.39, 0.29) is 0 Å². The van der Waals surface area contributed by atoms with Gasteiger partial charge in [0.25, 0.3) is 0 Å². The summed E-state index contributed by atoms with van der Waals surface area (Å²) in [5.74, 6) is 2.27. The maximum atomic E-state index is 5.89. The van der Waals surface area contributed by atoms with Crippen LogP contribution >= 0.6 is 15.9 Å². The van der Waals surface area contributed by atoms with Crippen LogP contribution < -0.4 is 4.74 Å². The lowest BCUT2D eigenvalue weighted by molar-refractivity contribution is 0.386. The Morgan fingerprint density at radius 3 is 2.33 bits per heavy atom. The fourth-order valence-corrected chi connectivity index (χ4v) is 2.50. The third-order valence-electron chi connectivity index (χ3n) is 3.52. The highest BCUT2D eigenvalue weighted by molar-refractivity contribution is 9.10. The van der Waals surface area contributed by atoms with E-state index in [2.05, 4.69) is 54.0 Å². The first-order chi connectivity index (χ1) is 10.1. The highest BCUT2D eigenvalue weighted by Crippen LogP contribution is 2.30. The van der Waals surface area contributed by atoms with Crippen molar-refractivity contribution in [3.8, 4) is 11.5 Å². The van der Waals surface area contributed by atoms with E-state index in [1.165, 1.54) is 5.56 Å². The summed E-state index contributed by atoms with van der Waals surface area (Å²) in [6.07, 6.45) is 1.16. The quantitative estimate of drug-likeness (QED) is 0.703. The lowest BCUT2D eigenvalue weighted by Crippen LogP contribution is -2.14. The molecule has 0 aliphatic rings. The van der Waals surface area contributed by atoms with Crippen LogP contribution in [0.2, 0.25) is 0 Å². The minimum absolute atomic E-state index is 0.560. The summed E-state index contributed by atoms with van der Waals surface area (Å²) in [5.41, 5.74) is 1.36. The van der Waals surface area contributed by atoms with Crippen LogP contribution in [-0.2, 0) is 0 Å². The second-order valence-electron chi connectivity index (χ2n) is 5.59. The minimum Gasteiger partial charge on any atom is -0.456 e. The average molecular weight is 348 g/mol. The molecule has 0 bridgehead atoms. The smallest absolute Gasteiger partial charge is 0.141 e. The van der Waals surface area contributed by atoms with Crippen LogP contribution in [0.5, 0.6) is 11.5 Å². The van der Waals surface area contributed by atoms with E-state index in [1.807, 2.05) is 36.4 Å². The average Bonchev–Trinajstić information content (AvgIpc) is 2.48. The van der Waals surface area contributed by atoms with Crippen LogP contribution in [0.15, 0.2) is 53.0 Å². The van der Waals surface area contributed by atoms with E-state index in [1.54, 1.807) is 0 Å². The van der Waals surface area contributed by atoms with Crippen molar-refractivity contribution in [1.82, 2.24) is 4.90 Å². The Labute approximate surface area is 135 Å². The van der Waals surface area contributed by atoms with Gasteiger partial charge in [0.2, 0.25) is 0 Å². The van der Waals surface area contributed by atoms with E-state index in [9.17, 15) is 0 Å². The Hall–Kier alpha value is -1.32. The van der Waals surface area contributed by atoms with E-state index >= 15 is 0 Å². The molecular formula is C18H22BrNO. The Bertz CT molecular complexity index is 566. The maximum Gasteiger partial charge on any atom is 0.141 e. The van der Waals surface area contributed by atoms with Gasteiger partial charge in [-0.15, -0.1) is 0 Å². The molecule has 2 rings (SSSR count). The molecule has 0 fully saturated rings. The predicted octanol–water partition coefficient (Wildman–Crippen LogP) is 5.30. The topological polar surface area (TPSA) is 12.5 Å². The zero-order valence-electron chi connectivity index (χ0n) is 12.8. The molecule has 0 heterocycles. The third-order valence-corrected chi connectivity index (χ3v) is 4.18. The molecule has 0 radical (unpaired) electrons. The number of hydrogen-bond acceptors (Lipinski definition) is 2. The van der Waals surface area contributed by atoms with Crippen molar-refractivity contribution < 1.29 is 4.74 Å². The van der Waals surface area contributed by atoms with Crippen molar-refractivity contribution in [3.63, 3.8) is 0 Å². The first-order valence-corrected chi connectivity index (χ1v) is 8.02. The molecule has 0 saturated heterocycles. The normalized spacial score (nSPS) is 12.4. The summed E-state index contributed by atoms with van der Waals surface area (Å²) in [5, 5.41) is 0. The van der Waals surface area contributed by atoms with Gasteiger partial charge < -0.3 is 9.64 Å². The Morgan fingerprint density at radius 1 is 1.05 bits per heavy atom. The third kappa shape index (κ3) is 4.87. The first-order valence-electron chi connectivity index (χ1n) is 7.23. The summed E-state index contributed by atoms with van der Waals surface area (Å²) < 4.78 is 6.85. The summed E-state index contributed by atoms with van der Waals surface area (Å²) >= 11 is 3.50. The van der Waals surface area contributed by atoms with Crippen LogP contribution in [-0.4, -0.2) is 25.5 Å². The number of rotatable bonds is 6. The van der Waals surface area contributed by atoms with Crippen LogP contribution in [0, 0.1) is 0 Å². The molecule has 3 heteroatoms. The summed E-state index contributed by atoms with van der Waals surface area (Å²) in [4.78, 5) is 2.22. The van der Waals surface area contributed by atoms with Gasteiger partial charge in [-0.2, -0.15) is 0 Å². The fourth-order valence-electron chi connectivity index (χ4n) is 2.14. The highest BCUT2D eigenvalue weighted by Gasteiger charge is 2.07. The van der Waals surface area contributed by atoms with Gasteiger partial charge in [0, 0.05) is 0 Å². The van der Waals surface area contributed by atoms with Gasteiger partial charge in [0.1, 0.15) is 11.5 Å². The van der Waals surface area contributed by atoms with Gasteiger partial charge in [-0.1, -0.05) is 31.2 Å². The number of nitrogens with zero attached hydrogens (tertiary/aromatic N) is 1. The van der Waals surface area contributed by atoms with Crippen molar-refractivity contribution in [3.05, 3.63) is 58.6 Å². The number of para-hydroxylation sites is 1. The lowest BCUT2D eigenvalue weighted by atomic mass is 9.97. The van der Waals surface area contributed by atoms with Gasteiger partial charge in [-0.05, 0) is 78.7 Å². The highest BCUT2D eigenvalue weighted by atomic mass is 79.9. The molecule has 0 aromatic heterocycles. The summed E-state index contributed by atoms with van der Waals surface area (Å²) in [6.45, 7) is 3.38. The van der Waals surface area contributed by atoms with Gasteiger partial charge in [-0.25, -0.2) is 0 Å². The van der Waals surface area contributed by atoms with E-state index in [0.717, 1.165) is 28.9 Å². The van der Waals surface area contributed by atoms with Crippen LogP contribution in [0.3, 0.4) is 0 Å². The molecule has 0 amide bonds. The van der Waals surface area contributed by atoms with Crippen LogP contribution in [0.1, 0.15) is 24.8 Å². The zero-order valence-corrected chi connectivity index (χ0v) is 14.4. The molecule has 0 aliphatic heterocycles. The Morgan fingerprint density at radius 2 is 1.71 bits per heavy atom.